The zero-order chi connectivity index (χ0) is 28.2. The Labute approximate surface area is 240 Å². The molecule has 0 aliphatic carbocycles. The highest BCUT2D eigenvalue weighted by molar-refractivity contribution is 7.80. The maximum atomic E-state index is 13.7. The van der Waals surface area contributed by atoms with E-state index in [0.717, 1.165) is 0 Å². The molecule has 0 bridgehead atoms. The van der Waals surface area contributed by atoms with Crippen molar-refractivity contribution < 1.29 is 23.9 Å². The molecule has 1 fully saturated rings. The second kappa shape index (κ2) is 11.6. The Kier molecular flexibility index (Phi) is 7.85. The number of aromatic nitrogens is 2. The van der Waals surface area contributed by atoms with Crippen molar-refractivity contribution in [2.24, 2.45) is 12.0 Å². The van der Waals surface area contributed by atoms with Gasteiger partial charge in [0.15, 0.2) is 12.2 Å². The molecule has 2 amide bonds. The number of para-hydroxylation sites is 1. The minimum Gasteiger partial charge on any atom is -0.858 e. The van der Waals surface area contributed by atoms with Crippen molar-refractivity contribution >= 4 is 63.9 Å². The SMILES string of the molecule is C[n+]1noc(/N=C(\[O-])c2ccccc2)c1CN1C(=S)N(c2ccccc2)C(=O)C1CC(=O)Nc1ccc(Cl)cc1. The molecule has 1 saturated heterocycles. The van der Waals surface area contributed by atoms with Crippen molar-refractivity contribution in [3.05, 3.63) is 101 Å². The third-order valence-electron chi connectivity index (χ3n) is 6.27. The topological polar surface area (TPSA) is 118 Å². The van der Waals surface area contributed by atoms with Crippen molar-refractivity contribution in [3.8, 4) is 0 Å². The van der Waals surface area contributed by atoms with E-state index in [9.17, 15) is 14.7 Å². The van der Waals surface area contributed by atoms with Crippen molar-refractivity contribution in [2.45, 2.75) is 19.0 Å². The van der Waals surface area contributed by atoms with Crippen molar-refractivity contribution in [1.82, 2.24) is 10.2 Å². The molecule has 1 atom stereocenters. The molecule has 4 aromatic rings. The summed E-state index contributed by atoms with van der Waals surface area (Å²) in [5.74, 6) is -1.28. The lowest BCUT2D eigenvalue weighted by molar-refractivity contribution is -0.746. The van der Waals surface area contributed by atoms with Crippen LogP contribution in [-0.4, -0.2) is 39.0 Å². The van der Waals surface area contributed by atoms with E-state index < -0.39 is 11.9 Å². The number of thiocarbonyl (C=S) groups is 1. The van der Waals surface area contributed by atoms with E-state index in [0.29, 0.717) is 27.7 Å². The Bertz CT molecular complexity index is 1580. The van der Waals surface area contributed by atoms with Crippen LogP contribution in [-0.2, 0) is 23.2 Å². The largest absolute Gasteiger partial charge is 0.858 e. The molecule has 3 aromatic carbocycles. The number of nitrogens with zero attached hydrogens (tertiary/aromatic N) is 5. The minimum absolute atomic E-state index is 0.00764. The van der Waals surface area contributed by atoms with Gasteiger partial charge in [-0.2, -0.15) is 0 Å². The first-order valence-corrected chi connectivity index (χ1v) is 13.0. The number of carbonyl (C=O) groups excluding carboxylic acids is 2. The highest BCUT2D eigenvalue weighted by Crippen LogP contribution is 2.30. The zero-order valence-electron chi connectivity index (χ0n) is 21.2. The van der Waals surface area contributed by atoms with Crippen LogP contribution in [0.25, 0.3) is 0 Å². The lowest BCUT2D eigenvalue weighted by atomic mass is 10.1. The number of aryl methyl sites for hydroxylation is 1. The summed E-state index contributed by atoms with van der Waals surface area (Å²) in [6, 6.07) is 23.2. The van der Waals surface area contributed by atoms with Gasteiger partial charge in [-0.3, -0.25) is 19.0 Å². The number of aliphatic imine (C=N–C) groups is 1. The van der Waals surface area contributed by atoms with Crippen LogP contribution in [0.4, 0.5) is 17.3 Å². The summed E-state index contributed by atoms with van der Waals surface area (Å²) in [7, 11) is 1.63. The van der Waals surface area contributed by atoms with E-state index in [1.165, 1.54) is 9.58 Å². The van der Waals surface area contributed by atoms with Gasteiger partial charge in [0.25, 0.3) is 11.6 Å². The minimum atomic E-state index is -0.937. The standard InChI is InChI=1S/C28H23ClN6O4S/c1-33-23(26(39-32-33)31-25(37)18-8-4-2-5-9-18)17-34-22(16-24(36)30-20-14-12-19(29)13-15-20)27(38)35(28(34)40)21-10-6-3-7-11-21/h2-15,22H,16-17H2,1H3,(H-,30,31,32,36,37). The number of amides is 2. The van der Waals surface area contributed by atoms with E-state index >= 15 is 0 Å². The third kappa shape index (κ3) is 5.70. The van der Waals surface area contributed by atoms with Gasteiger partial charge >= 0.3 is 5.88 Å². The first-order chi connectivity index (χ1) is 19.3. The Morgan fingerprint density at radius 3 is 2.42 bits per heavy atom. The molecule has 1 N–H and O–H groups in total. The Morgan fingerprint density at radius 2 is 1.75 bits per heavy atom. The van der Waals surface area contributed by atoms with Gasteiger partial charge in [-0.05, 0) is 64.8 Å². The van der Waals surface area contributed by atoms with Crippen LogP contribution < -0.4 is 20.0 Å². The van der Waals surface area contributed by atoms with E-state index in [1.807, 2.05) is 6.07 Å². The number of hydrogen-bond donors (Lipinski definition) is 1. The lowest BCUT2D eigenvalue weighted by Gasteiger charge is -2.22. The summed E-state index contributed by atoms with van der Waals surface area (Å²) in [4.78, 5) is 33.9. The smallest absolute Gasteiger partial charge is 0.325 e. The number of anilines is 2. The molecule has 2 heterocycles. The quantitative estimate of drug-likeness (QED) is 0.149. The molecular weight excluding hydrogens is 552 g/mol. The van der Waals surface area contributed by atoms with Crippen LogP contribution >= 0.6 is 23.8 Å². The van der Waals surface area contributed by atoms with Gasteiger partial charge in [0.1, 0.15) is 12.6 Å². The number of benzene rings is 3. The highest BCUT2D eigenvalue weighted by atomic mass is 35.5. The monoisotopic (exact) mass is 574 g/mol. The number of halogens is 1. The second-order valence-corrected chi connectivity index (χ2v) is 9.73. The third-order valence-corrected chi connectivity index (χ3v) is 6.94. The predicted molar refractivity (Wildman–Crippen MR) is 151 cm³/mol. The molecule has 0 spiro atoms. The van der Waals surface area contributed by atoms with Crippen LogP contribution in [0.1, 0.15) is 17.7 Å². The zero-order valence-corrected chi connectivity index (χ0v) is 22.8. The van der Waals surface area contributed by atoms with Crippen LogP contribution in [0.5, 0.6) is 0 Å². The van der Waals surface area contributed by atoms with Gasteiger partial charge in [0, 0.05) is 10.7 Å². The second-order valence-electron chi connectivity index (χ2n) is 8.93. The molecule has 1 unspecified atom stereocenters. The average molecular weight is 575 g/mol. The van der Waals surface area contributed by atoms with Gasteiger partial charge in [-0.25, -0.2) is 4.99 Å². The van der Waals surface area contributed by atoms with Crippen molar-refractivity contribution in [2.75, 3.05) is 10.2 Å². The van der Waals surface area contributed by atoms with E-state index in [1.54, 1.807) is 90.8 Å². The van der Waals surface area contributed by atoms with Crippen LogP contribution in [0, 0.1) is 0 Å². The fraction of sp³-hybridized carbons (Fsp3) is 0.143. The predicted octanol–water partition coefficient (Wildman–Crippen LogP) is 3.12. The van der Waals surface area contributed by atoms with Gasteiger partial charge in [-0.15, -0.1) is 0 Å². The lowest BCUT2D eigenvalue weighted by Crippen LogP contribution is -2.42. The number of nitrogens with one attached hydrogen (secondary N) is 1. The number of rotatable bonds is 8. The average Bonchev–Trinajstić information content (AvgIpc) is 3.41. The summed E-state index contributed by atoms with van der Waals surface area (Å²) < 4.78 is 6.76. The molecule has 0 radical (unpaired) electrons. The molecule has 202 valence electrons. The molecule has 0 saturated carbocycles. The summed E-state index contributed by atoms with van der Waals surface area (Å²) in [6.07, 6.45) is -0.185. The van der Waals surface area contributed by atoms with E-state index in [2.05, 4.69) is 15.6 Å². The number of hydrogen-bond acceptors (Lipinski definition) is 7. The Morgan fingerprint density at radius 1 is 1.10 bits per heavy atom. The fourth-order valence-electron chi connectivity index (χ4n) is 4.24. The maximum Gasteiger partial charge on any atom is 0.325 e. The summed E-state index contributed by atoms with van der Waals surface area (Å²) in [5, 5.41) is 20.2. The van der Waals surface area contributed by atoms with Gasteiger partial charge in [-0.1, -0.05) is 60.1 Å². The van der Waals surface area contributed by atoms with Gasteiger partial charge < -0.3 is 15.3 Å². The number of carbonyl (C=O) groups is 2. The van der Waals surface area contributed by atoms with Crippen LogP contribution in [0.2, 0.25) is 5.02 Å². The molecule has 5 rings (SSSR count). The van der Waals surface area contributed by atoms with Crippen molar-refractivity contribution in [3.63, 3.8) is 0 Å². The highest BCUT2D eigenvalue weighted by Gasteiger charge is 2.46. The Balaban J connectivity index is 1.45. The first kappa shape index (κ1) is 27.0. The van der Waals surface area contributed by atoms with Crippen LogP contribution in [0.15, 0.2) is 94.4 Å². The maximum absolute atomic E-state index is 13.7. The Hall–Kier alpha value is -4.61. The molecule has 10 nitrogen and oxygen atoms in total. The molecule has 1 aliphatic rings. The molecular formula is C28H23ClN6O4S. The molecule has 40 heavy (non-hydrogen) atoms. The summed E-state index contributed by atoms with van der Waals surface area (Å²) >= 11 is 11.7. The van der Waals surface area contributed by atoms with E-state index in [4.69, 9.17) is 28.3 Å². The first-order valence-electron chi connectivity index (χ1n) is 12.2. The normalized spacial score (nSPS) is 15.6. The molecule has 12 heteroatoms. The van der Waals surface area contributed by atoms with Crippen LogP contribution in [0.3, 0.4) is 0 Å². The fourth-order valence-corrected chi connectivity index (χ4v) is 4.76. The summed E-state index contributed by atoms with van der Waals surface area (Å²) in [6.45, 7) is 0.00764. The van der Waals surface area contributed by atoms with Gasteiger partial charge in [0.05, 0.1) is 12.1 Å². The van der Waals surface area contributed by atoms with Gasteiger partial charge in [0.2, 0.25) is 11.2 Å². The summed E-state index contributed by atoms with van der Waals surface area (Å²) in [5.41, 5.74) is 1.89. The molecule has 1 aromatic heterocycles. The van der Waals surface area contributed by atoms with Crippen molar-refractivity contribution in [1.29, 1.82) is 0 Å². The van der Waals surface area contributed by atoms with E-state index in [-0.39, 0.29) is 35.8 Å². The molecule has 1 aliphatic heterocycles.